The summed E-state index contributed by atoms with van der Waals surface area (Å²) in [6.45, 7) is 4.42. The smallest absolute Gasteiger partial charge is 0.00725 e. The van der Waals surface area contributed by atoms with Crippen molar-refractivity contribution in [2.24, 2.45) is 35.5 Å². The normalized spacial score (nSPS) is 37.1. The molecule has 0 aromatic rings. The van der Waals surface area contributed by atoms with Crippen molar-refractivity contribution in [1.29, 1.82) is 0 Å². The molecule has 47 heavy (non-hydrogen) atoms. The maximum atomic E-state index is 4.12. The van der Waals surface area contributed by atoms with Gasteiger partial charge in [0, 0.05) is 24.2 Å². The van der Waals surface area contributed by atoms with Crippen LogP contribution in [-0.4, -0.2) is 24.2 Å². The molecule has 7 rings (SSSR count). The molecule has 2 N–H and O–H groups in total. The lowest BCUT2D eigenvalue weighted by Crippen LogP contribution is -2.46. The van der Waals surface area contributed by atoms with Gasteiger partial charge in [-0.3, -0.25) is 0 Å². The number of hydrogen-bond acceptors (Lipinski definition) is 2. The van der Waals surface area contributed by atoms with Gasteiger partial charge >= 0.3 is 0 Å². The highest BCUT2D eigenvalue weighted by Gasteiger charge is 2.36. The highest BCUT2D eigenvalue weighted by atomic mass is 15.0. The first-order valence-corrected chi connectivity index (χ1v) is 22.4. The molecule has 0 radical (unpaired) electrons. The van der Waals surface area contributed by atoms with Gasteiger partial charge in [-0.05, 0) is 125 Å². The maximum Gasteiger partial charge on any atom is 0.00725 e. The summed E-state index contributed by atoms with van der Waals surface area (Å²) in [6.07, 6.45) is 50.8. The summed E-state index contributed by atoms with van der Waals surface area (Å²) < 4.78 is 0. The Morgan fingerprint density at radius 3 is 1.23 bits per heavy atom. The molecule has 7 aliphatic carbocycles. The molecule has 0 amide bonds. The third kappa shape index (κ3) is 13.4. The van der Waals surface area contributed by atoms with Crippen LogP contribution in [0.5, 0.6) is 0 Å². The number of fused-ring (bicyclic) bond motifs is 2. The fourth-order valence-electron chi connectivity index (χ4n) is 11.5. The minimum absolute atomic E-state index is 0.826. The van der Waals surface area contributed by atoms with E-state index in [1.54, 1.807) is 12.8 Å². The van der Waals surface area contributed by atoms with Gasteiger partial charge in [0.2, 0.25) is 0 Å². The van der Waals surface area contributed by atoms with E-state index in [2.05, 4.69) is 36.6 Å². The Morgan fingerprint density at radius 1 is 0.362 bits per heavy atom. The molecule has 0 aliphatic heterocycles. The molecular weight excluding hydrogens is 569 g/mol. The molecule has 6 atom stereocenters. The van der Waals surface area contributed by atoms with Crippen molar-refractivity contribution >= 4 is 0 Å². The van der Waals surface area contributed by atoms with Gasteiger partial charge in [0.15, 0.2) is 0 Å². The van der Waals surface area contributed by atoms with Crippen molar-refractivity contribution in [2.45, 2.75) is 237 Å². The Labute approximate surface area is 294 Å². The molecule has 7 aliphatic rings. The first-order chi connectivity index (χ1) is 23.2. The number of nitrogens with one attached hydrogen (secondary N) is 2. The highest BCUT2D eigenvalue weighted by molar-refractivity contribution is 4.97. The number of unbranched alkanes of at least 4 members (excludes halogenated alkanes) is 2. The molecule has 2 nitrogen and oxygen atoms in total. The predicted octanol–water partition coefficient (Wildman–Crippen LogP) is 13.1. The molecule has 0 bridgehead atoms. The van der Waals surface area contributed by atoms with Crippen molar-refractivity contribution in [3.05, 3.63) is 12.2 Å². The van der Waals surface area contributed by atoms with Gasteiger partial charge in [0.05, 0.1) is 0 Å². The zero-order chi connectivity index (χ0) is 32.5. The van der Waals surface area contributed by atoms with Gasteiger partial charge in [0.25, 0.3) is 0 Å². The van der Waals surface area contributed by atoms with E-state index in [1.165, 1.54) is 186 Å². The second-order valence-electron chi connectivity index (χ2n) is 18.0. The second kappa shape index (κ2) is 21.8. The van der Waals surface area contributed by atoms with Crippen LogP contribution < -0.4 is 10.6 Å². The van der Waals surface area contributed by atoms with E-state index in [-0.39, 0.29) is 0 Å². The van der Waals surface area contributed by atoms with E-state index < -0.39 is 0 Å². The third-order valence-corrected chi connectivity index (χ3v) is 14.4. The minimum Gasteiger partial charge on any atom is -0.311 e. The Morgan fingerprint density at radius 2 is 0.745 bits per heavy atom. The molecule has 0 spiro atoms. The van der Waals surface area contributed by atoms with Crippen LogP contribution in [0.1, 0.15) is 213 Å². The lowest BCUT2D eigenvalue weighted by molar-refractivity contribution is 0.108. The molecule has 7 saturated carbocycles. The van der Waals surface area contributed by atoms with Crippen molar-refractivity contribution in [1.82, 2.24) is 10.6 Å². The van der Waals surface area contributed by atoms with Crippen LogP contribution in [0, 0.1) is 35.5 Å². The van der Waals surface area contributed by atoms with Crippen molar-refractivity contribution in [2.75, 3.05) is 0 Å². The van der Waals surface area contributed by atoms with E-state index in [4.69, 9.17) is 0 Å². The summed E-state index contributed by atoms with van der Waals surface area (Å²) in [4.78, 5) is 0. The number of hydrogen-bond donors (Lipinski definition) is 2. The highest BCUT2D eigenvalue weighted by Crippen LogP contribution is 2.43. The average Bonchev–Trinajstić information content (AvgIpc) is 3.13. The van der Waals surface area contributed by atoms with Crippen LogP contribution in [-0.2, 0) is 0 Å². The van der Waals surface area contributed by atoms with Crippen molar-refractivity contribution < 1.29 is 0 Å². The monoisotopic (exact) mass is 651 g/mol. The molecule has 6 unspecified atom stereocenters. The van der Waals surface area contributed by atoms with E-state index in [0.29, 0.717) is 0 Å². The first kappa shape index (κ1) is 37.9. The van der Waals surface area contributed by atoms with Crippen LogP contribution in [0.15, 0.2) is 12.2 Å². The summed E-state index contributed by atoms with van der Waals surface area (Å²) in [5, 5.41) is 8.08. The molecule has 272 valence electrons. The van der Waals surface area contributed by atoms with Gasteiger partial charge < -0.3 is 10.6 Å². The quantitative estimate of drug-likeness (QED) is 0.255. The van der Waals surface area contributed by atoms with E-state index in [0.717, 1.165) is 59.7 Å². The van der Waals surface area contributed by atoms with Crippen LogP contribution in [0.3, 0.4) is 0 Å². The number of allylic oxidation sites excluding steroid dienone is 2. The lowest BCUT2D eigenvalue weighted by Gasteiger charge is -2.44. The second-order valence-corrected chi connectivity index (χ2v) is 18.0. The zero-order valence-electron chi connectivity index (χ0n) is 31.8. The van der Waals surface area contributed by atoms with E-state index in [9.17, 15) is 0 Å². The molecule has 0 aromatic carbocycles. The Hall–Kier alpha value is -0.340. The van der Waals surface area contributed by atoms with Crippen molar-refractivity contribution in [3.63, 3.8) is 0 Å². The Bertz CT molecular complexity index is 782. The summed E-state index contributed by atoms with van der Waals surface area (Å²) in [6, 6.07) is 3.41. The van der Waals surface area contributed by atoms with Gasteiger partial charge in [-0.2, -0.15) is 0 Å². The zero-order valence-corrected chi connectivity index (χ0v) is 31.8. The topological polar surface area (TPSA) is 24.1 Å². The van der Waals surface area contributed by atoms with Gasteiger partial charge in [-0.15, -0.1) is 0 Å². The Balaban J connectivity index is 0.000000162. The van der Waals surface area contributed by atoms with Crippen molar-refractivity contribution in [3.8, 4) is 0 Å². The van der Waals surface area contributed by atoms with Gasteiger partial charge in [0.1, 0.15) is 0 Å². The minimum atomic E-state index is 0.826. The third-order valence-electron chi connectivity index (χ3n) is 14.4. The fourth-order valence-corrected chi connectivity index (χ4v) is 11.5. The average molecular weight is 651 g/mol. The molecule has 7 fully saturated rings. The van der Waals surface area contributed by atoms with Crippen LogP contribution in [0.4, 0.5) is 0 Å². The fraction of sp³-hybridized carbons (Fsp3) is 0.956. The largest absolute Gasteiger partial charge is 0.311 e. The van der Waals surface area contributed by atoms with Crippen LogP contribution in [0.25, 0.3) is 0 Å². The molecule has 0 aromatic heterocycles. The van der Waals surface area contributed by atoms with Crippen LogP contribution >= 0.6 is 0 Å². The summed E-state index contributed by atoms with van der Waals surface area (Å²) in [5.41, 5.74) is 0. The van der Waals surface area contributed by atoms with Gasteiger partial charge in [-0.1, -0.05) is 135 Å². The molecule has 2 heteroatoms. The SMILES string of the molecule is C(=C\C1CCC(NC2CCCCC2)CC1)/C1CCCCC1.C1CCC2CC(NC3CCC4CCCCC4C3)CCC2C1.CCCCC. The summed E-state index contributed by atoms with van der Waals surface area (Å²) in [7, 11) is 0. The van der Waals surface area contributed by atoms with Crippen LogP contribution in [0.2, 0.25) is 0 Å². The van der Waals surface area contributed by atoms with E-state index >= 15 is 0 Å². The molecular formula is C45H82N2. The van der Waals surface area contributed by atoms with Gasteiger partial charge in [-0.25, -0.2) is 0 Å². The summed E-state index contributed by atoms with van der Waals surface area (Å²) in [5.74, 6) is 6.16. The molecule has 0 heterocycles. The maximum absolute atomic E-state index is 4.12. The lowest BCUT2D eigenvalue weighted by atomic mass is 9.68. The summed E-state index contributed by atoms with van der Waals surface area (Å²) >= 11 is 0. The predicted molar refractivity (Wildman–Crippen MR) is 206 cm³/mol. The molecule has 0 saturated heterocycles. The Kier molecular flexibility index (Phi) is 17.6. The van der Waals surface area contributed by atoms with E-state index in [1.807, 2.05) is 0 Å². The standard InChI is InChI=1S/2C20H35N.C5H12/c1-3-7-17-13-19(11-9-15(17)5-1)21-20-12-10-16-6-2-4-8-18(16)14-20;1-3-7-17(8-4-1)11-12-18-13-15-20(16-14-18)21-19-9-5-2-6-10-19;1-3-5-4-2/h15-21H,1-14H2;11-12,17-21H,1-10,13-16H2;3-5H2,1-2H3/b;12-11+;. The first-order valence-electron chi connectivity index (χ1n) is 22.4. The number of rotatable bonds is 8.